The molecule has 1 aliphatic heterocycles. The summed E-state index contributed by atoms with van der Waals surface area (Å²) in [7, 11) is 4.61. The summed E-state index contributed by atoms with van der Waals surface area (Å²) in [6.45, 7) is 3.41. The van der Waals surface area contributed by atoms with Crippen LogP contribution in [0.1, 0.15) is 6.92 Å². The van der Waals surface area contributed by atoms with E-state index in [-0.39, 0.29) is 0 Å². The average Bonchev–Trinajstić information content (AvgIpc) is 2.87. The van der Waals surface area contributed by atoms with Gasteiger partial charge in [-0.05, 0) is 6.92 Å². The predicted molar refractivity (Wildman–Crippen MR) is 60.2 cm³/mol. The fourth-order valence-electron chi connectivity index (χ4n) is 0.465. The highest BCUT2D eigenvalue weighted by molar-refractivity contribution is 5.73. The average molecular weight is 251 g/mol. The summed E-state index contributed by atoms with van der Waals surface area (Å²) in [6.07, 6.45) is -0.245. The third kappa shape index (κ3) is 17.4. The smallest absolute Gasteiger partial charge is 0.334 e. The van der Waals surface area contributed by atoms with Gasteiger partial charge in [0.15, 0.2) is 0 Å². The molecule has 102 valence electrons. The second kappa shape index (κ2) is 12.9. The molecule has 1 atom stereocenters. The monoisotopic (exact) mass is 251 g/mol. The number of aliphatic hydroxyl groups is 1. The van der Waals surface area contributed by atoms with Crippen molar-refractivity contribution in [3.05, 3.63) is 0 Å². The maximum Gasteiger partial charge on any atom is 0.334 e. The molecule has 1 heterocycles. The molecule has 0 aromatic carbocycles. The number of aliphatic hydroxyl groups excluding tert-OH is 1. The van der Waals surface area contributed by atoms with Crippen LogP contribution in [0.3, 0.4) is 0 Å². The van der Waals surface area contributed by atoms with Crippen molar-refractivity contribution >= 4 is 12.4 Å². The van der Waals surface area contributed by atoms with Crippen molar-refractivity contribution in [1.82, 2.24) is 4.90 Å². The van der Waals surface area contributed by atoms with Gasteiger partial charge < -0.3 is 24.2 Å². The first-order valence-electron chi connectivity index (χ1n) is 4.98. The SMILES string of the molecule is C1COCO1.CN(C)C=O.COC(=O)C(C)O. The van der Waals surface area contributed by atoms with Gasteiger partial charge in [0.1, 0.15) is 12.9 Å². The van der Waals surface area contributed by atoms with E-state index in [1.165, 1.54) is 18.9 Å². The van der Waals surface area contributed by atoms with Crippen molar-refractivity contribution in [2.45, 2.75) is 13.0 Å². The Bertz CT molecular complexity index is 184. The lowest BCUT2D eigenvalue weighted by Gasteiger charge is -1.97. The molecule has 1 N–H and O–H groups in total. The summed E-state index contributed by atoms with van der Waals surface area (Å²) in [6, 6.07) is 0. The molecule has 1 rings (SSSR count). The molecule has 17 heavy (non-hydrogen) atoms. The van der Waals surface area contributed by atoms with Gasteiger partial charge >= 0.3 is 5.97 Å². The summed E-state index contributed by atoms with van der Waals surface area (Å²) in [5.74, 6) is -0.597. The number of nitrogens with zero attached hydrogens (tertiary/aromatic N) is 1. The molecule has 0 saturated carbocycles. The highest BCUT2D eigenvalue weighted by Gasteiger charge is 2.05. The lowest BCUT2D eigenvalue weighted by molar-refractivity contribution is -0.149. The van der Waals surface area contributed by atoms with Crippen LogP contribution in [0.4, 0.5) is 0 Å². The maximum absolute atomic E-state index is 10.0. The van der Waals surface area contributed by atoms with Crippen LogP contribution in [0, 0.1) is 0 Å². The Morgan fingerprint density at radius 1 is 1.41 bits per heavy atom. The Kier molecular flexibility index (Phi) is 13.8. The van der Waals surface area contributed by atoms with Crippen molar-refractivity contribution < 1.29 is 28.9 Å². The number of hydrogen-bond acceptors (Lipinski definition) is 6. The van der Waals surface area contributed by atoms with Crippen LogP contribution >= 0.6 is 0 Å². The number of methoxy groups -OCH3 is 1. The van der Waals surface area contributed by atoms with Gasteiger partial charge in [-0.2, -0.15) is 0 Å². The molecule has 0 aromatic heterocycles. The Morgan fingerprint density at radius 2 is 1.82 bits per heavy atom. The van der Waals surface area contributed by atoms with Crippen LogP contribution in [0.2, 0.25) is 0 Å². The molecule has 0 aromatic rings. The number of amides is 1. The minimum absolute atomic E-state index is 0.500. The van der Waals surface area contributed by atoms with Gasteiger partial charge in [0.2, 0.25) is 6.41 Å². The van der Waals surface area contributed by atoms with Gasteiger partial charge in [0.25, 0.3) is 0 Å². The van der Waals surface area contributed by atoms with Crippen molar-refractivity contribution in [1.29, 1.82) is 0 Å². The van der Waals surface area contributed by atoms with Crippen LogP contribution in [-0.2, 0) is 23.8 Å². The van der Waals surface area contributed by atoms with E-state index in [2.05, 4.69) is 4.74 Å². The summed E-state index contributed by atoms with van der Waals surface area (Å²) in [5, 5.41) is 8.35. The topological polar surface area (TPSA) is 85.3 Å². The molecule has 1 amide bonds. The van der Waals surface area contributed by atoms with E-state index < -0.39 is 12.1 Å². The Morgan fingerprint density at radius 3 is 1.88 bits per heavy atom. The number of carbonyl (C=O) groups excluding carboxylic acids is 2. The van der Waals surface area contributed by atoms with Crippen LogP contribution in [0.25, 0.3) is 0 Å². The Labute approximate surface area is 101 Å². The Balaban J connectivity index is 0. The van der Waals surface area contributed by atoms with Crippen LogP contribution in [0.15, 0.2) is 0 Å². The molecule has 1 unspecified atom stereocenters. The zero-order valence-corrected chi connectivity index (χ0v) is 10.7. The fraction of sp³-hybridized carbons (Fsp3) is 0.800. The van der Waals surface area contributed by atoms with Crippen molar-refractivity contribution in [3.63, 3.8) is 0 Å². The molecular formula is C10H21NO6. The maximum atomic E-state index is 10.0. The largest absolute Gasteiger partial charge is 0.467 e. The van der Waals surface area contributed by atoms with Gasteiger partial charge in [-0.25, -0.2) is 4.79 Å². The van der Waals surface area contributed by atoms with E-state index in [0.29, 0.717) is 6.79 Å². The number of esters is 1. The molecule has 0 radical (unpaired) electrons. The van der Waals surface area contributed by atoms with E-state index in [4.69, 9.17) is 14.6 Å². The summed E-state index contributed by atoms with van der Waals surface area (Å²) in [4.78, 5) is 20.9. The van der Waals surface area contributed by atoms with E-state index in [1.54, 1.807) is 14.1 Å². The molecule has 7 heteroatoms. The van der Waals surface area contributed by atoms with Gasteiger partial charge in [-0.15, -0.1) is 0 Å². The lowest BCUT2D eigenvalue weighted by Crippen LogP contribution is -2.16. The predicted octanol–water partition coefficient (Wildman–Crippen LogP) is -0.765. The second-order valence-electron chi connectivity index (χ2n) is 3.20. The quantitative estimate of drug-likeness (QED) is 0.512. The van der Waals surface area contributed by atoms with Gasteiger partial charge in [0.05, 0.1) is 20.3 Å². The number of carbonyl (C=O) groups is 2. The number of hydrogen-bond donors (Lipinski definition) is 1. The van der Waals surface area contributed by atoms with E-state index in [0.717, 1.165) is 19.6 Å². The van der Waals surface area contributed by atoms with Crippen molar-refractivity contribution in [2.75, 3.05) is 41.2 Å². The summed E-state index contributed by atoms with van der Waals surface area (Å²) >= 11 is 0. The molecule has 7 nitrogen and oxygen atoms in total. The standard InChI is InChI=1S/C4H8O3.C3H7NO.C3H6O2/c1-3(5)4(6)7-2;1-4(2)3-5;1-2-5-3-4-1/h3,5H,1-2H3;3H,1-2H3;1-3H2. The third-order valence-corrected chi connectivity index (χ3v) is 1.29. The minimum Gasteiger partial charge on any atom is -0.467 e. The molecule has 1 saturated heterocycles. The third-order valence-electron chi connectivity index (χ3n) is 1.29. The minimum atomic E-state index is -0.995. The van der Waals surface area contributed by atoms with Crippen LogP contribution in [-0.4, -0.2) is 69.7 Å². The summed E-state index contributed by atoms with van der Waals surface area (Å²) in [5.41, 5.74) is 0. The van der Waals surface area contributed by atoms with Gasteiger partial charge in [-0.1, -0.05) is 0 Å². The summed E-state index contributed by atoms with van der Waals surface area (Å²) < 4.78 is 13.6. The van der Waals surface area contributed by atoms with Gasteiger partial charge in [0, 0.05) is 14.1 Å². The first-order valence-corrected chi connectivity index (χ1v) is 4.98. The van der Waals surface area contributed by atoms with Crippen molar-refractivity contribution in [2.24, 2.45) is 0 Å². The van der Waals surface area contributed by atoms with E-state index in [9.17, 15) is 9.59 Å². The second-order valence-corrected chi connectivity index (χ2v) is 3.20. The Hall–Kier alpha value is -1.18. The molecule has 0 bridgehead atoms. The number of rotatable bonds is 2. The van der Waals surface area contributed by atoms with E-state index in [1.807, 2.05) is 0 Å². The number of ether oxygens (including phenoxy) is 3. The zero-order valence-electron chi connectivity index (χ0n) is 10.7. The molecule has 0 spiro atoms. The van der Waals surface area contributed by atoms with Crippen molar-refractivity contribution in [3.8, 4) is 0 Å². The highest BCUT2D eigenvalue weighted by atomic mass is 16.7. The molecule has 1 fully saturated rings. The lowest BCUT2D eigenvalue weighted by atomic mass is 10.4. The normalized spacial score (nSPS) is 14.4. The molecule has 0 aliphatic carbocycles. The van der Waals surface area contributed by atoms with E-state index >= 15 is 0 Å². The zero-order chi connectivity index (χ0) is 13.7. The molecular weight excluding hydrogens is 230 g/mol. The van der Waals surface area contributed by atoms with Gasteiger partial charge in [-0.3, -0.25) is 4.79 Å². The van der Waals surface area contributed by atoms with Crippen LogP contribution < -0.4 is 0 Å². The first kappa shape index (κ1) is 18.2. The first-order chi connectivity index (χ1) is 7.95. The van der Waals surface area contributed by atoms with Crippen LogP contribution in [0.5, 0.6) is 0 Å². The highest BCUT2D eigenvalue weighted by Crippen LogP contribution is 1.85. The fourth-order valence-corrected chi connectivity index (χ4v) is 0.465. The molecule has 1 aliphatic rings.